The molecular formula is C15H16ClNO2. The van der Waals surface area contributed by atoms with Gasteiger partial charge >= 0.3 is 0 Å². The van der Waals surface area contributed by atoms with Crippen LogP contribution in [0.25, 0.3) is 5.57 Å². The zero-order valence-corrected chi connectivity index (χ0v) is 11.4. The number of ketones is 1. The Balaban J connectivity index is 2.22. The zero-order chi connectivity index (χ0) is 13.7. The third-order valence-electron chi connectivity index (χ3n) is 3.29. The van der Waals surface area contributed by atoms with Crippen molar-refractivity contribution in [3.05, 3.63) is 41.1 Å². The summed E-state index contributed by atoms with van der Waals surface area (Å²) < 4.78 is 0. The van der Waals surface area contributed by atoms with Crippen molar-refractivity contribution in [1.29, 1.82) is 0 Å². The van der Waals surface area contributed by atoms with Gasteiger partial charge in [0, 0.05) is 11.4 Å². The molecule has 0 heterocycles. The monoisotopic (exact) mass is 277 g/mol. The Labute approximate surface area is 117 Å². The topological polar surface area (TPSA) is 46.2 Å². The highest BCUT2D eigenvalue weighted by Gasteiger charge is 2.28. The van der Waals surface area contributed by atoms with Crippen LogP contribution in [-0.2, 0) is 4.79 Å². The minimum Gasteiger partial charge on any atom is -0.325 e. The van der Waals surface area contributed by atoms with E-state index >= 15 is 0 Å². The van der Waals surface area contributed by atoms with Crippen LogP contribution in [0.1, 0.15) is 41.6 Å². The predicted molar refractivity (Wildman–Crippen MR) is 76.1 cm³/mol. The van der Waals surface area contributed by atoms with Gasteiger partial charge in [0.2, 0.25) is 12.2 Å². The molecule has 0 radical (unpaired) electrons. The first-order valence-electron chi connectivity index (χ1n) is 6.43. The van der Waals surface area contributed by atoms with Crippen molar-refractivity contribution in [2.75, 3.05) is 5.88 Å². The fourth-order valence-electron chi connectivity index (χ4n) is 2.39. The van der Waals surface area contributed by atoms with Crippen LogP contribution in [0, 0.1) is 0 Å². The summed E-state index contributed by atoms with van der Waals surface area (Å²) in [7, 11) is 0. The molecule has 1 amide bonds. The van der Waals surface area contributed by atoms with Gasteiger partial charge in [0.15, 0.2) is 0 Å². The molecule has 1 aliphatic carbocycles. The van der Waals surface area contributed by atoms with Gasteiger partial charge in [-0.15, -0.1) is 11.6 Å². The van der Waals surface area contributed by atoms with Crippen LogP contribution >= 0.6 is 11.6 Å². The second kappa shape index (κ2) is 6.53. The summed E-state index contributed by atoms with van der Waals surface area (Å²) in [5.74, 6) is 0.573. The Morgan fingerprint density at radius 2 is 1.84 bits per heavy atom. The van der Waals surface area contributed by atoms with Crippen LogP contribution in [0.2, 0.25) is 0 Å². The Morgan fingerprint density at radius 3 is 2.53 bits per heavy atom. The Morgan fingerprint density at radius 1 is 1.11 bits per heavy atom. The van der Waals surface area contributed by atoms with Gasteiger partial charge < -0.3 is 5.32 Å². The number of Topliss-reactive ketones (excluding diaryl/α,β-unsaturated/α-hetero) is 1. The lowest BCUT2D eigenvalue weighted by Crippen LogP contribution is -2.16. The molecule has 2 rings (SSSR count). The highest BCUT2D eigenvalue weighted by Crippen LogP contribution is 2.34. The highest BCUT2D eigenvalue weighted by molar-refractivity contribution is 6.21. The fraction of sp³-hybridized carbons (Fsp3) is 0.333. The van der Waals surface area contributed by atoms with E-state index in [4.69, 9.17) is 11.6 Å². The van der Waals surface area contributed by atoms with Crippen LogP contribution in [0.15, 0.2) is 30.0 Å². The number of alkyl halides is 1. The standard InChI is InChI=1S/C15H16ClNO2/c16-9-5-1-2-7-12-11-6-3-4-8-13(11)15(19)14(12)17-10-18/h3-4,6,8,10H,1-2,5,7,9H2,(H,17,18,19). The number of fused-ring (bicyclic) bond motifs is 1. The number of amides is 1. The largest absolute Gasteiger partial charge is 0.325 e. The number of carbonyl (C=O) groups excluding carboxylic acids is 2. The number of carbonyl (C=O) groups is 2. The van der Waals surface area contributed by atoms with Crippen molar-refractivity contribution in [2.24, 2.45) is 0 Å². The summed E-state index contributed by atoms with van der Waals surface area (Å²) >= 11 is 5.65. The van der Waals surface area contributed by atoms with Crippen molar-refractivity contribution >= 4 is 29.4 Å². The van der Waals surface area contributed by atoms with E-state index in [1.54, 1.807) is 6.07 Å². The van der Waals surface area contributed by atoms with Crippen molar-refractivity contribution in [1.82, 2.24) is 5.32 Å². The van der Waals surface area contributed by atoms with Gasteiger partial charge in [-0.1, -0.05) is 30.7 Å². The van der Waals surface area contributed by atoms with Crippen molar-refractivity contribution in [3.8, 4) is 0 Å². The summed E-state index contributed by atoms with van der Waals surface area (Å²) in [6.45, 7) is 0. The van der Waals surface area contributed by atoms with Gasteiger partial charge in [0.05, 0.1) is 5.70 Å². The van der Waals surface area contributed by atoms with E-state index in [0.29, 0.717) is 23.6 Å². The summed E-state index contributed by atoms with van der Waals surface area (Å²) in [4.78, 5) is 22.8. The molecule has 0 fully saturated rings. The summed E-state index contributed by atoms with van der Waals surface area (Å²) in [5, 5.41) is 2.56. The average molecular weight is 278 g/mol. The first-order chi connectivity index (χ1) is 9.29. The minimum absolute atomic E-state index is 0.0879. The van der Waals surface area contributed by atoms with Gasteiger partial charge in [-0.2, -0.15) is 0 Å². The lowest BCUT2D eigenvalue weighted by Gasteiger charge is -2.06. The van der Waals surface area contributed by atoms with Crippen LogP contribution < -0.4 is 5.32 Å². The molecule has 0 saturated heterocycles. The third kappa shape index (κ3) is 2.87. The normalized spacial score (nSPS) is 13.6. The second-order valence-electron chi connectivity index (χ2n) is 4.49. The van der Waals surface area contributed by atoms with Gasteiger partial charge in [0.1, 0.15) is 0 Å². The van der Waals surface area contributed by atoms with Crippen LogP contribution in [0.5, 0.6) is 0 Å². The maximum absolute atomic E-state index is 12.2. The van der Waals surface area contributed by atoms with E-state index in [1.165, 1.54) is 0 Å². The number of nitrogens with one attached hydrogen (secondary N) is 1. The molecule has 0 atom stereocenters. The Hall–Kier alpha value is -1.61. The number of halogens is 1. The number of rotatable bonds is 7. The SMILES string of the molecule is O=CNC1=C(CCCCCCl)c2ccccc2C1=O. The van der Waals surface area contributed by atoms with E-state index in [2.05, 4.69) is 5.32 Å². The molecule has 1 aromatic rings. The number of allylic oxidation sites excluding steroid dienone is 2. The quantitative estimate of drug-likeness (QED) is 0.473. The molecule has 0 aromatic heterocycles. The zero-order valence-electron chi connectivity index (χ0n) is 10.6. The molecule has 19 heavy (non-hydrogen) atoms. The van der Waals surface area contributed by atoms with Crippen LogP contribution in [0.4, 0.5) is 0 Å². The van der Waals surface area contributed by atoms with Gasteiger partial charge in [0.25, 0.3) is 0 Å². The first kappa shape index (κ1) is 13.8. The molecule has 1 aromatic carbocycles. The van der Waals surface area contributed by atoms with E-state index in [9.17, 15) is 9.59 Å². The molecule has 0 aliphatic heterocycles. The third-order valence-corrected chi connectivity index (χ3v) is 3.56. The number of hydrogen-bond donors (Lipinski definition) is 1. The average Bonchev–Trinajstić information content (AvgIpc) is 2.70. The number of hydrogen-bond acceptors (Lipinski definition) is 2. The Kier molecular flexibility index (Phi) is 4.74. The van der Waals surface area contributed by atoms with E-state index in [0.717, 1.165) is 36.8 Å². The van der Waals surface area contributed by atoms with Crippen molar-refractivity contribution in [3.63, 3.8) is 0 Å². The maximum Gasteiger partial charge on any atom is 0.211 e. The Bertz CT molecular complexity index is 523. The summed E-state index contributed by atoms with van der Waals surface area (Å²) in [5.41, 5.74) is 3.01. The number of unbranched alkanes of at least 4 members (excludes halogenated alkanes) is 2. The van der Waals surface area contributed by atoms with Crippen molar-refractivity contribution < 1.29 is 9.59 Å². The van der Waals surface area contributed by atoms with Gasteiger partial charge in [-0.05, 0) is 30.4 Å². The smallest absolute Gasteiger partial charge is 0.211 e. The summed E-state index contributed by atoms with van der Waals surface area (Å²) in [6, 6.07) is 7.49. The van der Waals surface area contributed by atoms with E-state index in [-0.39, 0.29) is 5.78 Å². The summed E-state index contributed by atoms with van der Waals surface area (Å²) in [6.07, 6.45) is 4.32. The predicted octanol–water partition coefficient (Wildman–Crippen LogP) is 3.14. The van der Waals surface area contributed by atoms with E-state index in [1.807, 2.05) is 18.2 Å². The molecule has 0 bridgehead atoms. The molecule has 3 nitrogen and oxygen atoms in total. The van der Waals surface area contributed by atoms with Gasteiger partial charge in [-0.3, -0.25) is 9.59 Å². The lowest BCUT2D eigenvalue weighted by atomic mass is 10.0. The molecular weight excluding hydrogens is 262 g/mol. The van der Waals surface area contributed by atoms with Gasteiger partial charge in [-0.25, -0.2) is 0 Å². The molecule has 0 spiro atoms. The fourth-order valence-corrected chi connectivity index (χ4v) is 2.58. The molecule has 100 valence electrons. The first-order valence-corrected chi connectivity index (χ1v) is 6.96. The second-order valence-corrected chi connectivity index (χ2v) is 4.87. The van der Waals surface area contributed by atoms with E-state index < -0.39 is 0 Å². The molecule has 0 saturated carbocycles. The van der Waals surface area contributed by atoms with Crippen LogP contribution in [-0.4, -0.2) is 18.1 Å². The number of benzene rings is 1. The maximum atomic E-state index is 12.2. The molecule has 1 N–H and O–H groups in total. The lowest BCUT2D eigenvalue weighted by molar-refractivity contribution is -0.108. The van der Waals surface area contributed by atoms with Crippen molar-refractivity contribution in [2.45, 2.75) is 25.7 Å². The highest BCUT2D eigenvalue weighted by atomic mass is 35.5. The molecule has 4 heteroatoms. The molecule has 1 aliphatic rings. The molecule has 0 unspecified atom stereocenters. The van der Waals surface area contributed by atoms with Crippen LogP contribution in [0.3, 0.4) is 0 Å². The minimum atomic E-state index is -0.0879.